The Morgan fingerprint density at radius 2 is 2.19 bits per heavy atom. The summed E-state index contributed by atoms with van der Waals surface area (Å²) in [6.45, 7) is 8.56. The van der Waals surface area contributed by atoms with Gasteiger partial charge in [0.2, 0.25) is 0 Å². The zero-order valence-corrected chi connectivity index (χ0v) is 10.1. The number of hydrogen-bond acceptors (Lipinski definition) is 4. The summed E-state index contributed by atoms with van der Waals surface area (Å²) in [5, 5.41) is 3.37. The lowest BCUT2D eigenvalue weighted by Gasteiger charge is -2.33. The van der Waals surface area contributed by atoms with Crippen molar-refractivity contribution in [1.29, 1.82) is 0 Å². The van der Waals surface area contributed by atoms with E-state index >= 15 is 0 Å². The summed E-state index contributed by atoms with van der Waals surface area (Å²) in [7, 11) is 0. The molecule has 4 heteroatoms. The van der Waals surface area contributed by atoms with Crippen LogP contribution in [0, 0.1) is 6.92 Å². The molecule has 2 rings (SSSR count). The zero-order valence-electron chi connectivity index (χ0n) is 10.1. The molecule has 88 valence electrons. The van der Waals surface area contributed by atoms with Crippen LogP contribution in [0.2, 0.25) is 0 Å². The van der Waals surface area contributed by atoms with Crippen molar-refractivity contribution in [3.8, 4) is 0 Å². The number of aryl methyl sites for hydroxylation is 1. The molecule has 1 aromatic heterocycles. The van der Waals surface area contributed by atoms with Gasteiger partial charge in [0.1, 0.15) is 5.82 Å². The van der Waals surface area contributed by atoms with Crippen LogP contribution < -0.4 is 5.32 Å². The number of rotatable bonds is 3. The minimum Gasteiger partial charge on any atom is -0.314 e. The first-order chi connectivity index (χ1) is 7.81. The van der Waals surface area contributed by atoms with Crippen LogP contribution in [0.1, 0.15) is 30.9 Å². The number of nitrogens with one attached hydrogen (secondary N) is 1. The lowest BCUT2D eigenvalue weighted by Crippen LogP contribution is -2.45. The molecule has 0 spiro atoms. The maximum Gasteiger partial charge on any atom is 0.145 e. The van der Waals surface area contributed by atoms with Crippen molar-refractivity contribution in [1.82, 2.24) is 20.2 Å². The molecule has 4 nitrogen and oxygen atoms in total. The molecule has 0 radical (unpaired) electrons. The number of piperazine rings is 1. The highest BCUT2D eigenvalue weighted by molar-refractivity contribution is 5.03. The van der Waals surface area contributed by atoms with Crippen LogP contribution >= 0.6 is 0 Å². The molecule has 1 atom stereocenters. The van der Waals surface area contributed by atoms with Crippen molar-refractivity contribution < 1.29 is 0 Å². The second-order valence-electron chi connectivity index (χ2n) is 4.27. The first-order valence-corrected chi connectivity index (χ1v) is 6.05. The van der Waals surface area contributed by atoms with Gasteiger partial charge in [-0.3, -0.25) is 4.90 Å². The van der Waals surface area contributed by atoms with Crippen LogP contribution in [0.25, 0.3) is 0 Å². The number of nitrogens with zero attached hydrogens (tertiary/aromatic N) is 3. The molecule has 0 saturated carbocycles. The standard InChI is InChI=1S/C12H20N4/c1-3-11(16-8-6-13-7-9-16)12-14-5-4-10(2)15-12/h4-5,11,13H,3,6-9H2,1-2H3. The summed E-state index contributed by atoms with van der Waals surface area (Å²) in [5.74, 6) is 0.976. The molecule has 1 aliphatic rings. The van der Waals surface area contributed by atoms with Gasteiger partial charge in [-0.15, -0.1) is 0 Å². The summed E-state index contributed by atoms with van der Waals surface area (Å²) >= 11 is 0. The Morgan fingerprint density at radius 1 is 1.44 bits per heavy atom. The van der Waals surface area contributed by atoms with Crippen molar-refractivity contribution in [2.24, 2.45) is 0 Å². The van der Waals surface area contributed by atoms with E-state index in [1.54, 1.807) is 0 Å². The van der Waals surface area contributed by atoms with Crippen LogP contribution in [0.15, 0.2) is 12.3 Å². The Balaban J connectivity index is 2.14. The summed E-state index contributed by atoms with van der Waals surface area (Å²) in [6, 6.07) is 2.33. The topological polar surface area (TPSA) is 41.1 Å². The summed E-state index contributed by atoms with van der Waals surface area (Å²) < 4.78 is 0. The Morgan fingerprint density at radius 3 is 2.81 bits per heavy atom. The van der Waals surface area contributed by atoms with E-state index in [1.165, 1.54) is 0 Å². The van der Waals surface area contributed by atoms with E-state index in [0.29, 0.717) is 6.04 Å². The van der Waals surface area contributed by atoms with Gasteiger partial charge in [0.25, 0.3) is 0 Å². The van der Waals surface area contributed by atoms with E-state index in [4.69, 9.17) is 0 Å². The third-order valence-corrected chi connectivity index (χ3v) is 3.09. The SMILES string of the molecule is CCC(c1nccc(C)n1)N1CCNCC1. The molecule has 0 bridgehead atoms. The van der Waals surface area contributed by atoms with Crippen molar-refractivity contribution in [3.63, 3.8) is 0 Å². The third-order valence-electron chi connectivity index (χ3n) is 3.09. The average Bonchev–Trinajstić information content (AvgIpc) is 2.31. The van der Waals surface area contributed by atoms with Gasteiger partial charge in [-0.05, 0) is 19.4 Å². The second kappa shape index (κ2) is 5.37. The van der Waals surface area contributed by atoms with Gasteiger partial charge >= 0.3 is 0 Å². The first kappa shape index (κ1) is 11.5. The predicted molar refractivity (Wildman–Crippen MR) is 64.2 cm³/mol. The summed E-state index contributed by atoms with van der Waals surface area (Å²) in [5.41, 5.74) is 1.05. The molecule has 0 amide bonds. The highest BCUT2D eigenvalue weighted by atomic mass is 15.2. The van der Waals surface area contributed by atoms with E-state index in [9.17, 15) is 0 Å². The van der Waals surface area contributed by atoms with Gasteiger partial charge in [-0.2, -0.15) is 0 Å². The van der Waals surface area contributed by atoms with Crippen LogP contribution in [-0.4, -0.2) is 41.0 Å². The zero-order chi connectivity index (χ0) is 11.4. The minimum absolute atomic E-state index is 0.377. The van der Waals surface area contributed by atoms with Crippen LogP contribution in [-0.2, 0) is 0 Å². The van der Waals surface area contributed by atoms with E-state index in [-0.39, 0.29) is 0 Å². The van der Waals surface area contributed by atoms with E-state index < -0.39 is 0 Å². The van der Waals surface area contributed by atoms with E-state index in [1.807, 2.05) is 19.2 Å². The highest BCUT2D eigenvalue weighted by Gasteiger charge is 2.22. The second-order valence-corrected chi connectivity index (χ2v) is 4.27. The summed E-state index contributed by atoms with van der Waals surface area (Å²) in [4.78, 5) is 11.4. The van der Waals surface area contributed by atoms with Gasteiger partial charge in [-0.25, -0.2) is 9.97 Å². The third kappa shape index (κ3) is 2.57. The fourth-order valence-corrected chi connectivity index (χ4v) is 2.23. The van der Waals surface area contributed by atoms with Crippen molar-refractivity contribution in [3.05, 3.63) is 23.8 Å². The molecule has 1 aromatic rings. The molecule has 1 saturated heterocycles. The fraction of sp³-hybridized carbons (Fsp3) is 0.667. The maximum absolute atomic E-state index is 4.55. The fourth-order valence-electron chi connectivity index (χ4n) is 2.23. The van der Waals surface area contributed by atoms with Crippen LogP contribution in [0.4, 0.5) is 0 Å². The lowest BCUT2D eigenvalue weighted by atomic mass is 10.1. The first-order valence-electron chi connectivity index (χ1n) is 6.05. The molecular weight excluding hydrogens is 200 g/mol. The predicted octanol–water partition coefficient (Wildman–Crippen LogP) is 1.14. The molecule has 1 N–H and O–H groups in total. The van der Waals surface area contributed by atoms with Gasteiger partial charge in [0, 0.05) is 38.1 Å². The highest BCUT2D eigenvalue weighted by Crippen LogP contribution is 2.20. The van der Waals surface area contributed by atoms with Crippen molar-refractivity contribution in [2.75, 3.05) is 26.2 Å². The molecular formula is C12H20N4. The van der Waals surface area contributed by atoms with Gasteiger partial charge in [-0.1, -0.05) is 6.92 Å². The summed E-state index contributed by atoms with van der Waals surface area (Å²) in [6.07, 6.45) is 2.94. The number of aromatic nitrogens is 2. The molecule has 1 aliphatic heterocycles. The van der Waals surface area contributed by atoms with Crippen LogP contribution in [0.3, 0.4) is 0 Å². The lowest BCUT2D eigenvalue weighted by molar-refractivity contribution is 0.162. The molecule has 2 heterocycles. The van der Waals surface area contributed by atoms with Crippen molar-refractivity contribution >= 4 is 0 Å². The average molecular weight is 220 g/mol. The molecule has 0 aromatic carbocycles. The van der Waals surface area contributed by atoms with Crippen molar-refractivity contribution in [2.45, 2.75) is 26.3 Å². The molecule has 0 aliphatic carbocycles. The smallest absolute Gasteiger partial charge is 0.145 e. The molecule has 16 heavy (non-hydrogen) atoms. The number of hydrogen-bond donors (Lipinski definition) is 1. The Labute approximate surface area is 97.1 Å². The monoisotopic (exact) mass is 220 g/mol. The Hall–Kier alpha value is -1.00. The maximum atomic E-state index is 4.55. The van der Waals surface area contributed by atoms with Gasteiger partial charge in [0.15, 0.2) is 0 Å². The Bertz CT molecular complexity index is 334. The largest absolute Gasteiger partial charge is 0.314 e. The van der Waals surface area contributed by atoms with E-state index in [2.05, 4.69) is 27.1 Å². The normalized spacial score (nSPS) is 19.6. The van der Waals surface area contributed by atoms with E-state index in [0.717, 1.165) is 44.1 Å². The molecule has 1 fully saturated rings. The molecule has 1 unspecified atom stereocenters. The van der Waals surface area contributed by atoms with Gasteiger partial charge in [0.05, 0.1) is 6.04 Å². The van der Waals surface area contributed by atoms with Crippen LogP contribution in [0.5, 0.6) is 0 Å². The Kier molecular flexibility index (Phi) is 3.85. The quantitative estimate of drug-likeness (QED) is 0.829. The minimum atomic E-state index is 0.377. The van der Waals surface area contributed by atoms with Gasteiger partial charge < -0.3 is 5.32 Å².